The number of hydrogen-bond donors (Lipinski definition) is 0. The molecule has 0 unspecified atom stereocenters. The number of halogens is 1. The average molecular weight is 497 g/mol. The Morgan fingerprint density at radius 1 is 0.861 bits per heavy atom. The number of carbonyl (C=O) groups excluding carboxylic acids is 1. The molecule has 1 amide bonds. The third-order valence-electron chi connectivity index (χ3n) is 6.69. The maximum Gasteiger partial charge on any atom is 0.253 e. The monoisotopic (exact) mass is 496 g/mol. The zero-order chi connectivity index (χ0) is 24.5. The number of ether oxygens (including phenoxy) is 1. The molecule has 1 fully saturated rings. The quantitative estimate of drug-likeness (QED) is 0.374. The average Bonchev–Trinajstić information content (AvgIpc) is 3.18. The van der Waals surface area contributed by atoms with E-state index in [0.717, 1.165) is 52.4 Å². The summed E-state index contributed by atoms with van der Waals surface area (Å²) in [6.45, 7) is 2.75. The first-order valence-corrected chi connectivity index (χ1v) is 12.5. The molecule has 2 aliphatic heterocycles. The first-order chi connectivity index (χ1) is 17.7. The summed E-state index contributed by atoms with van der Waals surface area (Å²) in [4.78, 5) is 27.6. The fraction of sp³-hybridized carbons (Fsp3) is 0.207. The van der Waals surface area contributed by atoms with E-state index in [1.54, 1.807) is 12.3 Å². The van der Waals surface area contributed by atoms with E-state index in [9.17, 15) is 4.79 Å². The highest BCUT2D eigenvalue weighted by Crippen LogP contribution is 2.32. The van der Waals surface area contributed by atoms with Crippen LogP contribution in [0.5, 0.6) is 5.75 Å². The number of rotatable bonds is 3. The number of hydrogen-bond acceptors (Lipinski definition) is 5. The van der Waals surface area contributed by atoms with E-state index < -0.39 is 0 Å². The lowest BCUT2D eigenvalue weighted by molar-refractivity contribution is -0.127. The van der Waals surface area contributed by atoms with E-state index in [4.69, 9.17) is 26.3 Å². The van der Waals surface area contributed by atoms with Gasteiger partial charge >= 0.3 is 0 Å². The summed E-state index contributed by atoms with van der Waals surface area (Å²) in [6.07, 6.45) is 2.94. The van der Waals surface area contributed by atoms with Crippen LogP contribution in [0, 0.1) is 0 Å². The number of anilines is 1. The molecule has 3 heterocycles. The molecule has 1 aromatic heterocycles. The topological polar surface area (TPSA) is 58.6 Å². The molecule has 0 saturated carbocycles. The molecule has 0 radical (unpaired) electrons. The SMILES string of the molecule is O=C(C1=COc2ccc(Cl)cc2C1)N1CCCN(c2nc3ccccc3nc2-c2ccccc2)CC1. The second-order valence-electron chi connectivity index (χ2n) is 9.07. The lowest BCUT2D eigenvalue weighted by atomic mass is 10.0. The predicted molar refractivity (Wildman–Crippen MR) is 142 cm³/mol. The largest absolute Gasteiger partial charge is 0.464 e. The normalized spacial score (nSPS) is 15.6. The second kappa shape index (κ2) is 9.63. The highest BCUT2D eigenvalue weighted by atomic mass is 35.5. The fourth-order valence-corrected chi connectivity index (χ4v) is 5.04. The van der Waals surface area contributed by atoms with Crippen LogP contribution in [-0.2, 0) is 11.2 Å². The molecule has 0 bridgehead atoms. The third-order valence-corrected chi connectivity index (χ3v) is 6.92. The van der Waals surface area contributed by atoms with Crippen LogP contribution >= 0.6 is 11.6 Å². The lowest BCUT2D eigenvalue weighted by Crippen LogP contribution is -2.37. The smallest absolute Gasteiger partial charge is 0.253 e. The van der Waals surface area contributed by atoms with Crippen molar-refractivity contribution >= 4 is 34.4 Å². The molecule has 7 heteroatoms. The van der Waals surface area contributed by atoms with Gasteiger partial charge in [-0.05, 0) is 36.8 Å². The summed E-state index contributed by atoms with van der Waals surface area (Å²) in [7, 11) is 0. The van der Waals surface area contributed by atoms with Gasteiger partial charge < -0.3 is 14.5 Å². The highest BCUT2D eigenvalue weighted by Gasteiger charge is 2.27. The standard InChI is InChI=1S/C29H25ClN4O2/c30-23-11-12-26-21(18-23)17-22(19-36-26)29(35)34-14-6-13-33(15-16-34)28-27(20-7-2-1-3-8-20)31-24-9-4-5-10-25(24)32-28/h1-5,7-12,18-19H,6,13-17H2. The molecule has 2 aliphatic rings. The summed E-state index contributed by atoms with van der Waals surface area (Å²) in [5.74, 6) is 1.62. The van der Waals surface area contributed by atoms with Gasteiger partial charge in [0.25, 0.3) is 5.91 Å². The van der Waals surface area contributed by atoms with Crippen molar-refractivity contribution in [1.29, 1.82) is 0 Å². The number of nitrogens with zero attached hydrogens (tertiary/aromatic N) is 4. The molecule has 4 aromatic rings. The molecular weight excluding hydrogens is 472 g/mol. The first kappa shape index (κ1) is 22.6. The van der Waals surface area contributed by atoms with Crippen LogP contribution in [0.15, 0.2) is 84.6 Å². The number of benzene rings is 3. The van der Waals surface area contributed by atoms with Crippen molar-refractivity contribution in [1.82, 2.24) is 14.9 Å². The van der Waals surface area contributed by atoms with Gasteiger partial charge in [0.15, 0.2) is 5.82 Å². The number of carbonyl (C=O) groups is 1. The van der Waals surface area contributed by atoms with Gasteiger partial charge in [0.05, 0.1) is 16.6 Å². The maximum absolute atomic E-state index is 13.4. The van der Waals surface area contributed by atoms with Gasteiger partial charge in [-0.2, -0.15) is 0 Å². The van der Waals surface area contributed by atoms with Crippen LogP contribution in [0.25, 0.3) is 22.3 Å². The highest BCUT2D eigenvalue weighted by molar-refractivity contribution is 6.30. The van der Waals surface area contributed by atoms with Crippen molar-refractivity contribution in [3.63, 3.8) is 0 Å². The van der Waals surface area contributed by atoms with Gasteiger partial charge in [0, 0.05) is 48.7 Å². The van der Waals surface area contributed by atoms with Crippen LogP contribution in [0.2, 0.25) is 5.02 Å². The Balaban J connectivity index is 1.25. The van der Waals surface area contributed by atoms with Gasteiger partial charge in [0.1, 0.15) is 17.7 Å². The Morgan fingerprint density at radius 2 is 1.64 bits per heavy atom. The minimum atomic E-state index is 0.00959. The number of aromatic nitrogens is 2. The van der Waals surface area contributed by atoms with Gasteiger partial charge in [0.2, 0.25) is 0 Å². The van der Waals surface area contributed by atoms with Crippen molar-refractivity contribution in [2.75, 3.05) is 31.1 Å². The molecule has 3 aromatic carbocycles. The van der Waals surface area contributed by atoms with E-state index in [2.05, 4.69) is 17.0 Å². The third kappa shape index (κ3) is 4.40. The van der Waals surface area contributed by atoms with Crippen molar-refractivity contribution < 1.29 is 9.53 Å². The molecule has 1 saturated heterocycles. The van der Waals surface area contributed by atoms with E-state index >= 15 is 0 Å². The Kier molecular flexibility index (Phi) is 6.03. The summed E-state index contributed by atoms with van der Waals surface area (Å²) in [5.41, 5.74) is 5.22. The van der Waals surface area contributed by atoms with Crippen LogP contribution < -0.4 is 9.64 Å². The summed E-state index contributed by atoms with van der Waals surface area (Å²) in [6, 6.07) is 23.6. The number of amides is 1. The molecule has 0 N–H and O–H groups in total. The molecule has 6 nitrogen and oxygen atoms in total. The van der Waals surface area contributed by atoms with Crippen molar-refractivity contribution in [2.24, 2.45) is 0 Å². The van der Waals surface area contributed by atoms with Crippen molar-refractivity contribution in [3.05, 3.63) is 95.2 Å². The summed E-state index contributed by atoms with van der Waals surface area (Å²) < 4.78 is 5.73. The van der Waals surface area contributed by atoms with E-state index in [1.165, 1.54) is 0 Å². The second-order valence-corrected chi connectivity index (χ2v) is 9.51. The van der Waals surface area contributed by atoms with Crippen LogP contribution in [0.4, 0.5) is 5.82 Å². The van der Waals surface area contributed by atoms with Gasteiger partial charge in [-0.15, -0.1) is 0 Å². The lowest BCUT2D eigenvalue weighted by Gasteiger charge is -2.26. The zero-order valence-corrected chi connectivity index (χ0v) is 20.5. The molecule has 0 atom stereocenters. The first-order valence-electron chi connectivity index (χ1n) is 12.2. The molecule has 0 spiro atoms. The minimum absolute atomic E-state index is 0.00959. The summed E-state index contributed by atoms with van der Waals surface area (Å²) in [5, 5.41) is 0.641. The zero-order valence-electron chi connectivity index (χ0n) is 19.7. The summed E-state index contributed by atoms with van der Waals surface area (Å²) >= 11 is 6.15. The Labute approximate surface area is 214 Å². The predicted octanol–water partition coefficient (Wildman–Crippen LogP) is 5.51. The number of para-hydroxylation sites is 2. The maximum atomic E-state index is 13.4. The van der Waals surface area contributed by atoms with Crippen LogP contribution in [0.3, 0.4) is 0 Å². The number of fused-ring (bicyclic) bond motifs is 2. The molecule has 180 valence electrons. The van der Waals surface area contributed by atoms with Gasteiger partial charge in [-0.25, -0.2) is 9.97 Å². The van der Waals surface area contributed by atoms with Gasteiger partial charge in [-0.3, -0.25) is 4.79 Å². The van der Waals surface area contributed by atoms with E-state index in [-0.39, 0.29) is 5.91 Å². The molecular formula is C29H25ClN4O2. The minimum Gasteiger partial charge on any atom is -0.464 e. The van der Waals surface area contributed by atoms with E-state index in [1.807, 2.05) is 59.5 Å². The Bertz CT molecular complexity index is 1470. The fourth-order valence-electron chi connectivity index (χ4n) is 4.84. The van der Waals surface area contributed by atoms with Crippen LogP contribution in [0.1, 0.15) is 12.0 Å². The Hall–Kier alpha value is -3.90. The molecule has 0 aliphatic carbocycles. The molecule has 36 heavy (non-hydrogen) atoms. The van der Waals surface area contributed by atoms with E-state index in [0.29, 0.717) is 36.7 Å². The van der Waals surface area contributed by atoms with Crippen LogP contribution in [-0.4, -0.2) is 47.0 Å². The van der Waals surface area contributed by atoms with Gasteiger partial charge in [-0.1, -0.05) is 54.1 Å². The molecule has 6 rings (SSSR count). The Morgan fingerprint density at radius 3 is 2.47 bits per heavy atom. The van der Waals surface area contributed by atoms with Crippen molar-refractivity contribution in [3.8, 4) is 17.0 Å². The van der Waals surface area contributed by atoms with Crippen molar-refractivity contribution in [2.45, 2.75) is 12.8 Å².